The molecule has 15 heavy (non-hydrogen) atoms. The summed E-state index contributed by atoms with van der Waals surface area (Å²) in [7, 11) is 0. The second-order valence-corrected chi connectivity index (χ2v) is 3.55. The van der Waals surface area contributed by atoms with E-state index < -0.39 is 11.6 Å². The van der Waals surface area contributed by atoms with Crippen LogP contribution in [0.15, 0.2) is 42.1 Å². The Hall–Kier alpha value is -1.64. The summed E-state index contributed by atoms with van der Waals surface area (Å²) in [6.45, 7) is 1.94. The molecule has 0 fully saturated rings. The Kier molecular flexibility index (Phi) is 2.54. The predicted octanol–water partition coefficient (Wildman–Crippen LogP) is 3.07. The van der Waals surface area contributed by atoms with Gasteiger partial charge in [-0.2, -0.15) is 0 Å². The monoisotopic (exact) mass is 207 g/mol. The molecule has 1 aliphatic rings. The van der Waals surface area contributed by atoms with E-state index >= 15 is 0 Å². The lowest BCUT2D eigenvalue weighted by Crippen LogP contribution is -2.17. The maximum atomic E-state index is 13.4. The Bertz CT molecular complexity index is 435. The van der Waals surface area contributed by atoms with Crippen LogP contribution in [0.2, 0.25) is 0 Å². The van der Waals surface area contributed by atoms with Crippen molar-refractivity contribution in [2.75, 3.05) is 0 Å². The second-order valence-electron chi connectivity index (χ2n) is 3.55. The maximum Gasteiger partial charge on any atom is 0.131 e. The molecule has 78 valence electrons. The first-order valence-electron chi connectivity index (χ1n) is 4.73. The van der Waals surface area contributed by atoms with Crippen LogP contribution in [0.1, 0.15) is 18.5 Å². The van der Waals surface area contributed by atoms with Crippen molar-refractivity contribution in [3.05, 3.63) is 59.3 Å². The highest BCUT2D eigenvalue weighted by molar-refractivity contribution is 5.32. The van der Waals surface area contributed by atoms with Gasteiger partial charge < -0.3 is 5.32 Å². The molecule has 2 rings (SSSR count). The molecule has 0 spiro atoms. The Morgan fingerprint density at radius 3 is 2.73 bits per heavy atom. The number of nitrogens with one attached hydrogen (secondary N) is 1. The summed E-state index contributed by atoms with van der Waals surface area (Å²) in [6, 6.07) is 3.42. The van der Waals surface area contributed by atoms with E-state index in [0.717, 1.165) is 11.6 Å². The normalized spacial score (nSPS) is 19.7. The fraction of sp³-hybridized carbons (Fsp3) is 0.167. The average molecular weight is 207 g/mol. The van der Waals surface area contributed by atoms with E-state index in [0.29, 0.717) is 5.56 Å². The van der Waals surface area contributed by atoms with Gasteiger partial charge in [0.15, 0.2) is 0 Å². The van der Waals surface area contributed by atoms with Crippen molar-refractivity contribution in [2.45, 2.75) is 13.0 Å². The van der Waals surface area contributed by atoms with Gasteiger partial charge in [-0.25, -0.2) is 8.78 Å². The molecule has 1 N–H and O–H groups in total. The molecule has 1 nitrogen and oxygen atoms in total. The van der Waals surface area contributed by atoms with E-state index in [1.165, 1.54) is 12.1 Å². The lowest BCUT2D eigenvalue weighted by molar-refractivity contribution is 0.558. The highest BCUT2D eigenvalue weighted by atomic mass is 19.1. The van der Waals surface area contributed by atoms with Gasteiger partial charge in [0.2, 0.25) is 0 Å². The molecule has 0 amide bonds. The lowest BCUT2D eigenvalue weighted by Gasteiger charge is -2.18. The third-order valence-electron chi connectivity index (χ3n) is 2.35. The molecule has 1 aromatic carbocycles. The third kappa shape index (κ3) is 2.06. The van der Waals surface area contributed by atoms with Gasteiger partial charge in [-0.1, -0.05) is 17.7 Å². The van der Waals surface area contributed by atoms with Crippen LogP contribution >= 0.6 is 0 Å². The Labute approximate surface area is 87.1 Å². The van der Waals surface area contributed by atoms with Crippen LogP contribution in [0, 0.1) is 11.6 Å². The average Bonchev–Trinajstić information content (AvgIpc) is 2.17. The van der Waals surface area contributed by atoms with Crippen LogP contribution in [-0.4, -0.2) is 0 Å². The number of hydrogen-bond acceptors (Lipinski definition) is 1. The van der Waals surface area contributed by atoms with Crippen molar-refractivity contribution in [1.29, 1.82) is 0 Å². The quantitative estimate of drug-likeness (QED) is 0.746. The third-order valence-corrected chi connectivity index (χ3v) is 2.35. The van der Waals surface area contributed by atoms with Crippen LogP contribution in [0.25, 0.3) is 0 Å². The highest BCUT2D eigenvalue weighted by Gasteiger charge is 2.14. The zero-order valence-electron chi connectivity index (χ0n) is 8.30. The van der Waals surface area contributed by atoms with Crippen molar-refractivity contribution < 1.29 is 8.78 Å². The molecule has 3 heteroatoms. The molecule has 1 heterocycles. The van der Waals surface area contributed by atoms with Crippen LogP contribution in [0.5, 0.6) is 0 Å². The van der Waals surface area contributed by atoms with Crippen molar-refractivity contribution >= 4 is 0 Å². The molecular formula is C12H11F2N. The van der Waals surface area contributed by atoms with E-state index in [2.05, 4.69) is 5.32 Å². The van der Waals surface area contributed by atoms with Gasteiger partial charge in [-0.3, -0.25) is 0 Å². The summed E-state index contributed by atoms with van der Waals surface area (Å²) in [6.07, 6.45) is 5.57. The Balaban J connectivity index is 2.34. The fourth-order valence-corrected chi connectivity index (χ4v) is 1.58. The van der Waals surface area contributed by atoms with Crippen molar-refractivity contribution in [2.24, 2.45) is 0 Å². The smallest absolute Gasteiger partial charge is 0.131 e. The molecule has 0 saturated heterocycles. The summed E-state index contributed by atoms with van der Waals surface area (Å²) in [5.74, 6) is -1.07. The van der Waals surface area contributed by atoms with E-state index in [9.17, 15) is 8.78 Å². The molecule has 1 aromatic rings. The summed E-state index contributed by atoms with van der Waals surface area (Å²) in [4.78, 5) is 0. The molecule has 1 unspecified atom stereocenters. The SMILES string of the molecule is CC1=CC(c2ccc(F)cc2F)NC=C1. The number of benzene rings is 1. The van der Waals surface area contributed by atoms with Gasteiger partial charge in [0.1, 0.15) is 11.6 Å². The first-order chi connectivity index (χ1) is 7.16. The van der Waals surface area contributed by atoms with Gasteiger partial charge >= 0.3 is 0 Å². The van der Waals surface area contributed by atoms with Gasteiger partial charge in [-0.05, 0) is 25.3 Å². The zero-order valence-corrected chi connectivity index (χ0v) is 8.30. The summed E-state index contributed by atoms with van der Waals surface area (Å²) in [5, 5.41) is 3.01. The molecule has 0 aromatic heterocycles. The predicted molar refractivity (Wildman–Crippen MR) is 55.1 cm³/mol. The van der Waals surface area contributed by atoms with E-state index in [-0.39, 0.29) is 6.04 Å². The van der Waals surface area contributed by atoms with Crippen LogP contribution in [0.3, 0.4) is 0 Å². The Morgan fingerprint density at radius 1 is 1.27 bits per heavy atom. The fourth-order valence-electron chi connectivity index (χ4n) is 1.58. The van der Waals surface area contributed by atoms with Gasteiger partial charge in [0.05, 0.1) is 6.04 Å². The lowest BCUT2D eigenvalue weighted by atomic mass is 10.0. The maximum absolute atomic E-state index is 13.4. The first kappa shape index (κ1) is 9.90. The molecule has 0 saturated carbocycles. The summed E-state index contributed by atoms with van der Waals surface area (Å²) < 4.78 is 26.1. The number of rotatable bonds is 1. The van der Waals surface area contributed by atoms with Crippen LogP contribution in [-0.2, 0) is 0 Å². The minimum atomic E-state index is -0.552. The molecule has 0 radical (unpaired) electrons. The number of halogens is 2. The topological polar surface area (TPSA) is 12.0 Å². The van der Waals surface area contributed by atoms with Crippen molar-refractivity contribution in [3.63, 3.8) is 0 Å². The number of dihydropyridines is 1. The van der Waals surface area contributed by atoms with E-state index in [1.54, 1.807) is 6.20 Å². The van der Waals surface area contributed by atoms with Gasteiger partial charge in [0, 0.05) is 11.6 Å². The highest BCUT2D eigenvalue weighted by Crippen LogP contribution is 2.22. The molecule has 1 atom stereocenters. The summed E-state index contributed by atoms with van der Waals surface area (Å²) in [5.41, 5.74) is 1.52. The molecule has 0 bridgehead atoms. The van der Waals surface area contributed by atoms with Crippen molar-refractivity contribution in [1.82, 2.24) is 5.32 Å². The molecular weight excluding hydrogens is 196 g/mol. The first-order valence-corrected chi connectivity index (χ1v) is 4.73. The molecule has 1 aliphatic heterocycles. The van der Waals surface area contributed by atoms with Gasteiger partial charge in [-0.15, -0.1) is 0 Å². The second kappa shape index (κ2) is 3.85. The standard InChI is InChI=1S/C12H11F2N/c1-8-4-5-15-12(6-8)10-3-2-9(13)7-11(10)14/h2-7,12,15H,1H3. The number of allylic oxidation sites excluding steroid dienone is 2. The van der Waals surface area contributed by atoms with Crippen molar-refractivity contribution in [3.8, 4) is 0 Å². The van der Waals surface area contributed by atoms with E-state index in [1.807, 2.05) is 19.1 Å². The van der Waals surface area contributed by atoms with E-state index in [4.69, 9.17) is 0 Å². The Morgan fingerprint density at radius 2 is 2.07 bits per heavy atom. The van der Waals surface area contributed by atoms with Gasteiger partial charge in [0.25, 0.3) is 0 Å². The largest absolute Gasteiger partial charge is 0.380 e. The molecule has 0 aliphatic carbocycles. The number of hydrogen-bond donors (Lipinski definition) is 1. The zero-order chi connectivity index (χ0) is 10.8. The minimum absolute atomic E-state index is 0.212. The van der Waals surface area contributed by atoms with Crippen LogP contribution in [0.4, 0.5) is 8.78 Å². The summed E-state index contributed by atoms with van der Waals surface area (Å²) >= 11 is 0. The minimum Gasteiger partial charge on any atom is -0.380 e. The van der Waals surface area contributed by atoms with Crippen LogP contribution < -0.4 is 5.32 Å².